The molecule has 0 radical (unpaired) electrons. The van der Waals surface area contributed by atoms with Crippen LogP contribution in [0.4, 0.5) is 5.69 Å². The number of esters is 1. The van der Waals surface area contributed by atoms with Crippen molar-refractivity contribution in [1.29, 1.82) is 0 Å². The van der Waals surface area contributed by atoms with Crippen molar-refractivity contribution in [2.24, 2.45) is 5.10 Å². The summed E-state index contributed by atoms with van der Waals surface area (Å²) in [5, 5.41) is 6.75. The van der Waals surface area contributed by atoms with Crippen molar-refractivity contribution in [1.82, 2.24) is 5.43 Å². The van der Waals surface area contributed by atoms with Gasteiger partial charge in [0.2, 0.25) is 0 Å². The highest BCUT2D eigenvalue weighted by molar-refractivity contribution is 6.40. The number of rotatable bonds is 5. The van der Waals surface area contributed by atoms with E-state index in [-0.39, 0.29) is 5.69 Å². The second kappa shape index (κ2) is 10.6. The zero-order valence-corrected chi connectivity index (χ0v) is 18.3. The molecule has 2 N–H and O–H groups in total. The highest BCUT2D eigenvalue weighted by Gasteiger charge is 2.14. The van der Waals surface area contributed by atoms with Crippen LogP contribution in [0.5, 0.6) is 5.75 Å². The fourth-order valence-corrected chi connectivity index (χ4v) is 3.14. The van der Waals surface area contributed by atoms with Gasteiger partial charge in [-0.15, -0.1) is 0 Å². The van der Waals surface area contributed by atoms with Crippen molar-refractivity contribution in [3.8, 4) is 5.75 Å². The van der Waals surface area contributed by atoms with E-state index in [2.05, 4.69) is 15.8 Å². The third-order valence-electron chi connectivity index (χ3n) is 4.16. The topological polar surface area (TPSA) is 96.9 Å². The minimum Gasteiger partial charge on any atom is -0.423 e. The summed E-state index contributed by atoms with van der Waals surface area (Å²) in [4.78, 5) is 36.1. The second-order valence-electron chi connectivity index (χ2n) is 6.58. The van der Waals surface area contributed by atoms with Crippen molar-refractivity contribution in [2.75, 3.05) is 5.32 Å². The minimum atomic E-state index is -0.971. The Morgan fingerprint density at radius 3 is 2.22 bits per heavy atom. The molecule has 0 aromatic heterocycles. The molecular formula is C23H17Cl2N3O4. The maximum atomic E-state index is 12.3. The van der Waals surface area contributed by atoms with Crippen molar-refractivity contribution >= 4 is 52.9 Å². The number of nitrogens with zero attached hydrogens (tertiary/aromatic N) is 1. The fourth-order valence-electron chi connectivity index (χ4n) is 2.62. The molecule has 0 saturated carbocycles. The molecule has 7 nitrogen and oxygen atoms in total. The van der Waals surface area contributed by atoms with Crippen LogP contribution in [-0.4, -0.2) is 24.0 Å². The molecular weight excluding hydrogens is 453 g/mol. The Hall–Kier alpha value is -3.68. The van der Waals surface area contributed by atoms with Gasteiger partial charge in [-0.25, -0.2) is 10.2 Å². The lowest BCUT2D eigenvalue weighted by Gasteiger charge is -2.06. The highest BCUT2D eigenvalue weighted by Crippen LogP contribution is 2.22. The van der Waals surface area contributed by atoms with E-state index in [9.17, 15) is 14.4 Å². The SMILES string of the molecule is Cc1ccccc1C(=O)Oc1ccc(C=NNC(=O)C(=O)Nc2cc(Cl)cc(Cl)c2)cc1. The van der Waals surface area contributed by atoms with Crippen LogP contribution in [0.1, 0.15) is 21.5 Å². The van der Waals surface area contributed by atoms with Gasteiger partial charge in [-0.05, 0) is 66.6 Å². The van der Waals surface area contributed by atoms with Crippen LogP contribution in [0, 0.1) is 6.92 Å². The predicted octanol–water partition coefficient (Wildman–Crippen LogP) is 4.61. The Bertz CT molecular complexity index is 1170. The lowest BCUT2D eigenvalue weighted by atomic mass is 10.1. The Morgan fingerprint density at radius 1 is 0.906 bits per heavy atom. The van der Waals surface area contributed by atoms with Crippen LogP contribution in [0.2, 0.25) is 10.0 Å². The molecule has 0 atom stereocenters. The van der Waals surface area contributed by atoms with Gasteiger partial charge in [-0.2, -0.15) is 5.10 Å². The van der Waals surface area contributed by atoms with Crippen molar-refractivity contribution < 1.29 is 19.1 Å². The lowest BCUT2D eigenvalue weighted by Crippen LogP contribution is -2.32. The van der Waals surface area contributed by atoms with Crippen LogP contribution in [0.15, 0.2) is 71.8 Å². The maximum absolute atomic E-state index is 12.3. The van der Waals surface area contributed by atoms with Crippen molar-refractivity contribution in [2.45, 2.75) is 6.92 Å². The number of carbonyl (C=O) groups is 3. The van der Waals surface area contributed by atoms with E-state index >= 15 is 0 Å². The minimum absolute atomic E-state index is 0.280. The molecule has 3 aromatic carbocycles. The molecule has 3 aromatic rings. The highest BCUT2D eigenvalue weighted by atomic mass is 35.5. The third-order valence-corrected chi connectivity index (χ3v) is 4.60. The molecule has 32 heavy (non-hydrogen) atoms. The summed E-state index contributed by atoms with van der Waals surface area (Å²) in [5.74, 6) is -2.00. The number of carbonyl (C=O) groups excluding carboxylic acids is 3. The van der Waals surface area contributed by atoms with E-state index in [0.717, 1.165) is 5.56 Å². The van der Waals surface area contributed by atoms with E-state index in [1.807, 2.05) is 19.1 Å². The molecule has 162 valence electrons. The van der Waals surface area contributed by atoms with Crippen LogP contribution in [0.3, 0.4) is 0 Å². The first-order valence-electron chi connectivity index (χ1n) is 9.30. The lowest BCUT2D eigenvalue weighted by molar-refractivity contribution is -0.136. The van der Waals surface area contributed by atoms with E-state index in [1.54, 1.807) is 36.4 Å². The van der Waals surface area contributed by atoms with Gasteiger partial charge in [0, 0.05) is 15.7 Å². The number of hydrogen-bond acceptors (Lipinski definition) is 5. The van der Waals surface area contributed by atoms with Gasteiger partial charge in [0.25, 0.3) is 0 Å². The normalized spacial score (nSPS) is 10.6. The first-order chi connectivity index (χ1) is 15.3. The number of halogens is 2. The molecule has 9 heteroatoms. The number of nitrogens with one attached hydrogen (secondary N) is 2. The van der Waals surface area contributed by atoms with Gasteiger partial charge < -0.3 is 10.1 Å². The largest absolute Gasteiger partial charge is 0.423 e. The van der Waals surface area contributed by atoms with Crippen LogP contribution >= 0.6 is 23.2 Å². The summed E-state index contributed by atoms with van der Waals surface area (Å²) < 4.78 is 5.36. The van der Waals surface area contributed by atoms with Crippen LogP contribution < -0.4 is 15.5 Å². The maximum Gasteiger partial charge on any atom is 0.343 e. The molecule has 3 rings (SSSR count). The van der Waals surface area contributed by atoms with Crippen LogP contribution in [0.25, 0.3) is 0 Å². The van der Waals surface area contributed by atoms with Gasteiger partial charge in [0.15, 0.2) is 0 Å². The molecule has 0 unspecified atom stereocenters. The molecule has 0 saturated heterocycles. The quantitative estimate of drug-likeness (QED) is 0.187. The average molecular weight is 470 g/mol. The fraction of sp³-hybridized carbons (Fsp3) is 0.0435. The summed E-state index contributed by atoms with van der Waals surface area (Å²) in [6.45, 7) is 1.83. The molecule has 0 aliphatic heterocycles. The summed E-state index contributed by atoms with van der Waals surface area (Å²) in [7, 11) is 0. The number of ether oxygens (including phenoxy) is 1. The second-order valence-corrected chi connectivity index (χ2v) is 7.46. The van der Waals surface area contributed by atoms with Gasteiger partial charge in [0.05, 0.1) is 11.8 Å². The average Bonchev–Trinajstić information content (AvgIpc) is 2.74. The molecule has 0 bridgehead atoms. The molecule has 0 spiro atoms. The number of aryl methyl sites for hydroxylation is 1. The smallest absolute Gasteiger partial charge is 0.343 e. The van der Waals surface area contributed by atoms with Gasteiger partial charge >= 0.3 is 17.8 Å². The Kier molecular flexibility index (Phi) is 7.59. The Labute approximate surface area is 194 Å². The molecule has 0 aliphatic rings. The van der Waals surface area contributed by atoms with Gasteiger partial charge in [-0.1, -0.05) is 41.4 Å². The van der Waals surface area contributed by atoms with Gasteiger partial charge in [0.1, 0.15) is 5.75 Å². The van der Waals surface area contributed by atoms with E-state index in [4.69, 9.17) is 27.9 Å². The molecule has 2 amide bonds. The first kappa shape index (κ1) is 23.0. The van der Waals surface area contributed by atoms with E-state index in [1.165, 1.54) is 24.4 Å². The van der Waals surface area contributed by atoms with Crippen molar-refractivity contribution in [3.63, 3.8) is 0 Å². The Morgan fingerprint density at radius 2 is 1.56 bits per heavy atom. The number of amides is 2. The predicted molar refractivity (Wildman–Crippen MR) is 123 cm³/mol. The number of anilines is 1. The van der Waals surface area contributed by atoms with Gasteiger partial charge in [-0.3, -0.25) is 9.59 Å². The summed E-state index contributed by atoms with van der Waals surface area (Å²) in [6.07, 6.45) is 1.34. The number of benzene rings is 3. The molecule has 0 heterocycles. The zero-order chi connectivity index (χ0) is 23.1. The number of hydrogen-bond donors (Lipinski definition) is 2. The van der Waals surface area contributed by atoms with Crippen molar-refractivity contribution in [3.05, 3.63) is 93.5 Å². The summed E-state index contributed by atoms with van der Waals surface area (Å²) in [6, 6.07) is 18.0. The Balaban J connectivity index is 1.53. The zero-order valence-electron chi connectivity index (χ0n) is 16.8. The standard InChI is InChI=1S/C23H17Cl2N3O4/c1-14-4-2-3-5-20(14)23(31)32-19-8-6-15(7-9-19)13-26-28-22(30)21(29)27-18-11-16(24)10-17(25)12-18/h2-13H,1H3,(H,27,29)(H,28,30). The monoisotopic (exact) mass is 469 g/mol. The molecule has 0 aliphatic carbocycles. The first-order valence-corrected chi connectivity index (χ1v) is 10.1. The molecule has 0 fully saturated rings. The summed E-state index contributed by atoms with van der Waals surface area (Å²) in [5.41, 5.74) is 4.32. The van der Waals surface area contributed by atoms with E-state index < -0.39 is 17.8 Å². The van der Waals surface area contributed by atoms with E-state index in [0.29, 0.717) is 26.9 Å². The third kappa shape index (κ3) is 6.41. The van der Waals surface area contributed by atoms with Crippen LogP contribution in [-0.2, 0) is 9.59 Å². The summed E-state index contributed by atoms with van der Waals surface area (Å²) >= 11 is 11.7. The number of hydrazone groups is 1.